The summed E-state index contributed by atoms with van der Waals surface area (Å²) < 4.78 is 15.7. The third kappa shape index (κ3) is 3.47. The zero-order chi connectivity index (χ0) is 12.1. The average Bonchev–Trinajstić information content (AvgIpc) is 2.26. The summed E-state index contributed by atoms with van der Waals surface area (Å²) in [4.78, 5) is 22.3. The molecule has 0 spiro atoms. The molecule has 0 fully saturated rings. The normalized spacial score (nSPS) is 11.8. The molecule has 1 unspecified atom stereocenters. The Balaban J connectivity index is 2.70. The van der Waals surface area contributed by atoms with Gasteiger partial charge < -0.3 is 10.5 Å². The van der Waals surface area contributed by atoms with Gasteiger partial charge in [-0.05, 0) is 24.3 Å². The summed E-state index contributed by atoms with van der Waals surface area (Å²) in [6.45, 7) is -0.444. The molecule has 1 aromatic rings. The van der Waals surface area contributed by atoms with Crippen LogP contribution in [0.15, 0.2) is 29.2 Å². The van der Waals surface area contributed by atoms with Crippen molar-refractivity contribution in [2.75, 3.05) is 12.9 Å². The summed E-state index contributed by atoms with van der Waals surface area (Å²) in [5.41, 5.74) is 5.11. The van der Waals surface area contributed by atoms with E-state index in [0.717, 1.165) is 0 Å². The van der Waals surface area contributed by atoms with Crippen LogP contribution < -0.4 is 5.73 Å². The molecule has 86 valence electrons. The number of rotatable bonds is 4. The van der Waals surface area contributed by atoms with Gasteiger partial charge in [-0.3, -0.25) is 9.00 Å². The number of ether oxygens (including phenoxy) is 1. The molecule has 0 aliphatic rings. The quantitative estimate of drug-likeness (QED) is 0.755. The molecule has 0 aliphatic carbocycles. The number of hydrogen-bond donors (Lipinski definition) is 1. The zero-order valence-corrected chi connectivity index (χ0v) is 9.45. The largest absolute Gasteiger partial charge is 0.452 e. The third-order valence-corrected chi connectivity index (χ3v) is 2.70. The molecule has 1 rings (SSSR count). The second-order valence-electron chi connectivity index (χ2n) is 3.02. The summed E-state index contributed by atoms with van der Waals surface area (Å²) in [5, 5.41) is 0. The lowest BCUT2D eigenvalue weighted by Crippen LogP contribution is -2.20. The van der Waals surface area contributed by atoms with E-state index in [1.54, 1.807) is 18.4 Å². The fourth-order valence-electron chi connectivity index (χ4n) is 1.00. The summed E-state index contributed by atoms with van der Waals surface area (Å²) in [6.07, 6.45) is 1.54. The molecule has 0 bridgehead atoms. The monoisotopic (exact) mass is 241 g/mol. The molecule has 1 aromatic carbocycles. The van der Waals surface area contributed by atoms with Gasteiger partial charge >= 0.3 is 5.97 Å². The van der Waals surface area contributed by atoms with Crippen LogP contribution >= 0.6 is 0 Å². The van der Waals surface area contributed by atoms with Crippen molar-refractivity contribution < 1.29 is 18.5 Å². The van der Waals surface area contributed by atoms with Crippen LogP contribution in [0.5, 0.6) is 0 Å². The molecule has 5 nitrogen and oxygen atoms in total. The van der Waals surface area contributed by atoms with E-state index < -0.39 is 29.3 Å². The Kier molecular flexibility index (Phi) is 4.19. The number of primary amides is 1. The number of benzene rings is 1. The van der Waals surface area contributed by atoms with Crippen molar-refractivity contribution in [2.24, 2.45) is 5.73 Å². The van der Waals surface area contributed by atoms with Gasteiger partial charge in [-0.2, -0.15) is 0 Å². The highest BCUT2D eigenvalue weighted by Crippen LogP contribution is 2.08. The van der Waals surface area contributed by atoms with Crippen LogP contribution in [-0.2, 0) is 20.3 Å². The van der Waals surface area contributed by atoms with Gasteiger partial charge in [0, 0.05) is 22.0 Å². The Morgan fingerprint density at radius 2 is 1.88 bits per heavy atom. The van der Waals surface area contributed by atoms with Crippen LogP contribution in [0.3, 0.4) is 0 Å². The number of carbonyl (C=O) groups is 2. The third-order valence-electron chi connectivity index (χ3n) is 1.77. The highest BCUT2D eigenvalue weighted by molar-refractivity contribution is 7.84. The van der Waals surface area contributed by atoms with Gasteiger partial charge in [-0.1, -0.05) is 0 Å². The molecule has 2 N–H and O–H groups in total. The highest BCUT2D eigenvalue weighted by Gasteiger charge is 2.08. The minimum absolute atomic E-state index is 0.287. The topological polar surface area (TPSA) is 86.5 Å². The van der Waals surface area contributed by atoms with E-state index in [4.69, 9.17) is 5.73 Å². The molecule has 0 aromatic heterocycles. The summed E-state index contributed by atoms with van der Waals surface area (Å²) >= 11 is 0. The van der Waals surface area contributed by atoms with Crippen LogP contribution in [0.1, 0.15) is 10.4 Å². The smallest absolute Gasteiger partial charge is 0.338 e. The Hall–Kier alpha value is -1.69. The van der Waals surface area contributed by atoms with E-state index in [0.29, 0.717) is 4.90 Å². The summed E-state index contributed by atoms with van der Waals surface area (Å²) in [5.74, 6) is -1.34. The van der Waals surface area contributed by atoms with E-state index in [1.165, 1.54) is 12.1 Å². The lowest BCUT2D eigenvalue weighted by Gasteiger charge is -2.02. The minimum atomic E-state index is -1.09. The summed E-state index contributed by atoms with van der Waals surface area (Å²) in [6, 6.07) is 6.11. The maximum absolute atomic E-state index is 11.3. The SMILES string of the molecule is CS(=O)c1ccc(C(=O)OCC(N)=O)cc1. The van der Waals surface area contributed by atoms with E-state index in [9.17, 15) is 13.8 Å². The van der Waals surface area contributed by atoms with E-state index >= 15 is 0 Å². The van der Waals surface area contributed by atoms with Crippen LogP contribution in [0.2, 0.25) is 0 Å². The number of nitrogens with two attached hydrogens (primary N) is 1. The van der Waals surface area contributed by atoms with Crippen LogP contribution in [0, 0.1) is 0 Å². The Bertz CT molecular complexity index is 427. The second-order valence-corrected chi connectivity index (χ2v) is 4.40. The molecule has 1 amide bonds. The molecule has 16 heavy (non-hydrogen) atoms. The lowest BCUT2D eigenvalue weighted by molar-refractivity contribution is -0.121. The first-order chi connectivity index (χ1) is 7.50. The van der Waals surface area contributed by atoms with Crippen molar-refractivity contribution >= 4 is 22.7 Å². The second kappa shape index (κ2) is 5.41. The maximum atomic E-state index is 11.3. The average molecular weight is 241 g/mol. The Morgan fingerprint density at radius 1 is 1.31 bits per heavy atom. The van der Waals surface area contributed by atoms with Gasteiger partial charge in [0.05, 0.1) is 5.56 Å². The van der Waals surface area contributed by atoms with Gasteiger partial charge in [-0.15, -0.1) is 0 Å². The first-order valence-electron chi connectivity index (χ1n) is 4.39. The number of amides is 1. The first kappa shape index (κ1) is 12.4. The molecule has 0 radical (unpaired) electrons. The molecule has 0 heterocycles. The van der Waals surface area contributed by atoms with E-state index in [-0.39, 0.29) is 5.56 Å². The minimum Gasteiger partial charge on any atom is -0.452 e. The Morgan fingerprint density at radius 3 is 2.31 bits per heavy atom. The predicted octanol–water partition coefficient (Wildman–Crippen LogP) is 0.0661. The number of hydrogen-bond acceptors (Lipinski definition) is 4. The molecule has 6 heteroatoms. The zero-order valence-electron chi connectivity index (χ0n) is 8.64. The molecular weight excluding hydrogens is 230 g/mol. The molecular formula is C10H11NO4S. The van der Waals surface area contributed by atoms with Crippen LogP contribution in [0.25, 0.3) is 0 Å². The molecule has 0 saturated carbocycles. The standard InChI is InChI=1S/C10H11NO4S/c1-16(14)8-4-2-7(3-5-8)10(13)15-6-9(11)12/h2-5H,6H2,1H3,(H2,11,12). The first-order valence-corrected chi connectivity index (χ1v) is 5.95. The van der Waals surface area contributed by atoms with E-state index in [1.807, 2.05) is 0 Å². The van der Waals surface area contributed by atoms with Gasteiger partial charge in [-0.25, -0.2) is 4.79 Å². The van der Waals surface area contributed by atoms with Gasteiger partial charge in [0.2, 0.25) is 0 Å². The van der Waals surface area contributed by atoms with Crippen molar-refractivity contribution in [1.29, 1.82) is 0 Å². The van der Waals surface area contributed by atoms with Gasteiger partial charge in [0.25, 0.3) is 5.91 Å². The highest BCUT2D eigenvalue weighted by atomic mass is 32.2. The maximum Gasteiger partial charge on any atom is 0.338 e. The van der Waals surface area contributed by atoms with Crippen molar-refractivity contribution in [3.05, 3.63) is 29.8 Å². The van der Waals surface area contributed by atoms with Gasteiger partial charge in [0.1, 0.15) is 0 Å². The molecule has 0 saturated heterocycles. The fourth-order valence-corrected chi connectivity index (χ4v) is 1.52. The van der Waals surface area contributed by atoms with Crippen molar-refractivity contribution in [3.63, 3.8) is 0 Å². The Labute approximate surface area is 95.0 Å². The van der Waals surface area contributed by atoms with Crippen molar-refractivity contribution in [3.8, 4) is 0 Å². The van der Waals surface area contributed by atoms with Crippen LogP contribution in [-0.4, -0.2) is 28.9 Å². The predicted molar refractivity (Wildman–Crippen MR) is 58.3 cm³/mol. The lowest BCUT2D eigenvalue weighted by atomic mass is 10.2. The summed E-state index contributed by atoms with van der Waals surface area (Å²) in [7, 11) is -1.09. The van der Waals surface area contributed by atoms with Gasteiger partial charge in [0.15, 0.2) is 6.61 Å². The molecule has 1 atom stereocenters. The number of esters is 1. The van der Waals surface area contributed by atoms with Crippen molar-refractivity contribution in [2.45, 2.75) is 4.90 Å². The van der Waals surface area contributed by atoms with Crippen LogP contribution in [0.4, 0.5) is 0 Å². The fraction of sp³-hybridized carbons (Fsp3) is 0.200. The van der Waals surface area contributed by atoms with Crippen molar-refractivity contribution in [1.82, 2.24) is 0 Å². The van der Waals surface area contributed by atoms with E-state index in [2.05, 4.69) is 4.74 Å². The number of carbonyl (C=O) groups excluding carboxylic acids is 2. The molecule has 0 aliphatic heterocycles.